The first-order chi connectivity index (χ1) is 20.4. The van der Waals surface area contributed by atoms with Gasteiger partial charge < -0.3 is 41.7 Å². The van der Waals surface area contributed by atoms with Crippen LogP contribution >= 0.6 is 0 Å². The number of carboxylic acids is 3. The van der Waals surface area contributed by atoms with Gasteiger partial charge in [-0.3, -0.25) is 9.59 Å². The summed E-state index contributed by atoms with van der Waals surface area (Å²) in [6.07, 6.45) is 11.3. The minimum Gasteiger partial charge on any atom is -0.481 e. The highest BCUT2D eigenvalue weighted by Crippen LogP contribution is 2.42. The summed E-state index contributed by atoms with van der Waals surface area (Å²) in [7, 11) is 0. The summed E-state index contributed by atoms with van der Waals surface area (Å²) >= 11 is 0. The molecule has 0 aromatic rings. The van der Waals surface area contributed by atoms with Gasteiger partial charge in [0.1, 0.15) is 18.2 Å². The molecule has 0 heterocycles. The zero-order valence-corrected chi connectivity index (χ0v) is 24.6. The number of ether oxygens (including phenoxy) is 1. The van der Waals surface area contributed by atoms with Gasteiger partial charge in [0.25, 0.3) is 0 Å². The van der Waals surface area contributed by atoms with Gasteiger partial charge in [0.15, 0.2) is 0 Å². The van der Waals surface area contributed by atoms with Crippen molar-refractivity contribution in [1.29, 1.82) is 0 Å². The Labute approximate surface area is 251 Å². The van der Waals surface area contributed by atoms with Crippen molar-refractivity contribution < 1.29 is 48.8 Å². The summed E-state index contributed by atoms with van der Waals surface area (Å²) in [5.41, 5.74) is 5.06. The average molecular weight is 611 g/mol. The highest BCUT2D eigenvalue weighted by molar-refractivity contribution is 5.86. The number of carbonyl (C=O) groups excluding carboxylic acids is 3. The molecule has 0 spiro atoms. The Kier molecular flexibility index (Phi) is 14.8. The van der Waals surface area contributed by atoms with Crippen LogP contribution < -0.4 is 21.7 Å². The summed E-state index contributed by atoms with van der Waals surface area (Å²) < 4.78 is 5.59. The van der Waals surface area contributed by atoms with E-state index >= 15 is 0 Å². The van der Waals surface area contributed by atoms with E-state index in [0.29, 0.717) is 51.5 Å². The Morgan fingerprint density at radius 1 is 0.860 bits per heavy atom. The molecule has 0 aliphatic heterocycles. The summed E-state index contributed by atoms with van der Waals surface area (Å²) in [5.74, 6) is -4.20. The number of nitrogens with one attached hydrogen (secondary N) is 3. The van der Waals surface area contributed by atoms with E-state index in [1.54, 1.807) is 0 Å². The highest BCUT2D eigenvalue weighted by atomic mass is 16.6. The number of allylic oxidation sites excluding steroid dienone is 2. The van der Waals surface area contributed by atoms with Crippen LogP contribution in [0.15, 0.2) is 12.2 Å². The van der Waals surface area contributed by atoms with Crippen LogP contribution in [-0.2, 0) is 23.9 Å². The zero-order valence-electron chi connectivity index (χ0n) is 24.6. The van der Waals surface area contributed by atoms with E-state index in [1.165, 1.54) is 0 Å². The first-order valence-electron chi connectivity index (χ1n) is 15.1. The number of alkyl carbamates (subject to hydrolysis) is 1. The molecule has 0 aromatic carbocycles. The van der Waals surface area contributed by atoms with E-state index < -0.39 is 59.9 Å². The molecule has 2 rings (SSSR count). The molecule has 43 heavy (non-hydrogen) atoms. The van der Waals surface area contributed by atoms with E-state index in [0.717, 1.165) is 32.1 Å². The molecule has 0 saturated heterocycles. The quantitative estimate of drug-likeness (QED) is 0.0996. The van der Waals surface area contributed by atoms with Gasteiger partial charge in [-0.25, -0.2) is 19.2 Å². The number of nitrogens with two attached hydrogens (primary N) is 1. The minimum atomic E-state index is -1.49. The fraction of sp³-hybridized carbons (Fsp3) is 0.724. The number of carboxylic acid groups (broad SMARTS) is 3. The smallest absolute Gasteiger partial charge is 0.407 e. The minimum absolute atomic E-state index is 0.0381. The molecule has 3 atom stereocenters. The Bertz CT molecular complexity index is 1010. The summed E-state index contributed by atoms with van der Waals surface area (Å²) in [6, 6.07) is -3.82. The third-order valence-electron chi connectivity index (χ3n) is 8.36. The third kappa shape index (κ3) is 12.9. The predicted molar refractivity (Wildman–Crippen MR) is 154 cm³/mol. The molecule has 14 heteroatoms. The lowest BCUT2D eigenvalue weighted by molar-refractivity contribution is -0.140. The zero-order chi connectivity index (χ0) is 31.8. The fourth-order valence-corrected chi connectivity index (χ4v) is 5.67. The Balaban J connectivity index is 1.76. The van der Waals surface area contributed by atoms with Crippen molar-refractivity contribution in [3.8, 4) is 0 Å². The van der Waals surface area contributed by atoms with Crippen molar-refractivity contribution in [2.75, 3.05) is 6.54 Å². The molecule has 0 radical (unpaired) electrons. The van der Waals surface area contributed by atoms with Gasteiger partial charge in [0.2, 0.25) is 5.91 Å². The number of primary amides is 1. The van der Waals surface area contributed by atoms with E-state index in [4.69, 9.17) is 15.6 Å². The molecule has 0 bridgehead atoms. The molecule has 1 saturated carbocycles. The molecule has 2 aliphatic rings. The van der Waals surface area contributed by atoms with Crippen LogP contribution in [0.5, 0.6) is 0 Å². The van der Waals surface area contributed by atoms with E-state index in [1.807, 2.05) is 0 Å². The number of hydrogen-bond acceptors (Lipinski definition) is 7. The van der Waals surface area contributed by atoms with Gasteiger partial charge in [0.05, 0.1) is 0 Å². The first kappa shape index (κ1) is 35.4. The van der Waals surface area contributed by atoms with Crippen molar-refractivity contribution in [2.24, 2.45) is 17.1 Å². The lowest BCUT2D eigenvalue weighted by Crippen LogP contribution is -2.51. The summed E-state index contributed by atoms with van der Waals surface area (Å²) in [6.45, 7) is 0.452. The topological polar surface area (TPSA) is 234 Å². The Morgan fingerprint density at radius 2 is 1.49 bits per heavy atom. The maximum atomic E-state index is 12.4. The number of unbranched alkanes of at least 4 members (excludes halogenated alkanes) is 1. The molecular formula is C29H46N4O10. The molecule has 242 valence electrons. The monoisotopic (exact) mass is 610 g/mol. The fourth-order valence-electron chi connectivity index (χ4n) is 5.67. The number of carbonyl (C=O) groups is 6. The van der Waals surface area contributed by atoms with Gasteiger partial charge in [-0.1, -0.05) is 25.0 Å². The Hall–Kier alpha value is -3.84. The van der Waals surface area contributed by atoms with E-state index in [9.17, 15) is 39.0 Å². The largest absolute Gasteiger partial charge is 0.481 e. The SMILES string of the molecule is NC(=O)C1(CCCCC(NC(=O)N[C@@H](CCC(=O)O)C(=O)O)C(=O)O)CCC(CNC(=O)OC2CC/C=C/CCC2)CC1. The molecular weight excluding hydrogens is 564 g/mol. The van der Waals surface area contributed by atoms with Crippen molar-refractivity contribution in [1.82, 2.24) is 16.0 Å². The van der Waals surface area contributed by atoms with Crippen LogP contribution in [0.4, 0.5) is 9.59 Å². The van der Waals surface area contributed by atoms with Crippen LogP contribution in [0.1, 0.15) is 96.3 Å². The normalized spacial score (nSPS) is 24.2. The van der Waals surface area contributed by atoms with Crippen LogP contribution in [0.25, 0.3) is 0 Å². The van der Waals surface area contributed by atoms with Gasteiger partial charge >= 0.3 is 30.0 Å². The second-order valence-corrected chi connectivity index (χ2v) is 11.6. The molecule has 8 N–H and O–H groups in total. The van der Waals surface area contributed by atoms with Crippen LogP contribution in [0.2, 0.25) is 0 Å². The average Bonchev–Trinajstić information content (AvgIpc) is 2.93. The maximum Gasteiger partial charge on any atom is 0.407 e. The predicted octanol–water partition coefficient (Wildman–Crippen LogP) is 2.89. The second kappa shape index (κ2) is 18.0. The number of urea groups is 1. The third-order valence-corrected chi connectivity index (χ3v) is 8.36. The van der Waals surface area contributed by atoms with Crippen molar-refractivity contribution in [3.05, 3.63) is 12.2 Å². The van der Waals surface area contributed by atoms with Gasteiger partial charge in [-0.2, -0.15) is 0 Å². The van der Waals surface area contributed by atoms with Crippen molar-refractivity contribution in [2.45, 2.75) is 114 Å². The lowest BCUT2D eigenvalue weighted by atomic mass is 9.67. The molecule has 2 unspecified atom stereocenters. The number of aliphatic carboxylic acids is 3. The molecule has 0 aromatic heterocycles. The summed E-state index contributed by atoms with van der Waals surface area (Å²) in [4.78, 5) is 70.6. The van der Waals surface area contributed by atoms with Crippen LogP contribution in [-0.4, -0.2) is 76.0 Å². The van der Waals surface area contributed by atoms with Crippen LogP contribution in [0, 0.1) is 11.3 Å². The molecule has 4 amide bonds. The van der Waals surface area contributed by atoms with Crippen molar-refractivity contribution in [3.63, 3.8) is 0 Å². The van der Waals surface area contributed by atoms with Crippen LogP contribution in [0.3, 0.4) is 0 Å². The molecule has 2 aliphatic carbocycles. The maximum absolute atomic E-state index is 12.4. The van der Waals surface area contributed by atoms with E-state index in [2.05, 4.69) is 28.1 Å². The molecule has 14 nitrogen and oxygen atoms in total. The Morgan fingerprint density at radius 3 is 2.09 bits per heavy atom. The van der Waals surface area contributed by atoms with Gasteiger partial charge in [-0.05, 0) is 83.0 Å². The summed E-state index contributed by atoms with van der Waals surface area (Å²) in [5, 5.41) is 34.6. The highest BCUT2D eigenvalue weighted by Gasteiger charge is 2.40. The van der Waals surface area contributed by atoms with Gasteiger partial charge in [-0.15, -0.1) is 0 Å². The molecule has 1 fully saturated rings. The van der Waals surface area contributed by atoms with Crippen molar-refractivity contribution >= 4 is 35.9 Å². The second-order valence-electron chi connectivity index (χ2n) is 11.6. The number of hydrogen-bond donors (Lipinski definition) is 7. The lowest BCUT2D eigenvalue weighted by Gasteiger charge is -2.38. The number of rotatable bonds is 16. The first-order valence-corrected chi connectivity index (χ1v) is 15.1. The van der Waals surface area contributed by atoms with E-state index in [-0.39, 0.29) is 24.9 Å². The standard InChI is InChI=1S/C29H46N4O10/c30-26(40)29(16-13-19(14-17-29)18-31-28(42)43-20-8-4-2-1-3-5-9-20)15-7-6-10-21(24(36)37)32-27(41)33-22(25(38)39)11-12-23(34)35/h1-2,19-22H,3-18H2,(H2,30,40)(H,31,42)(H,34,35)(H,36,37)(H,38,39)(H2,32,33,41)/b2-1+/t19?,20?,21?,22-,29?/m0/s1. The van der Waals surface area contributed by atoms with Gasteiger partial charge in [0, 0.05) is 18.4 Å². The number of amides is 4.